The fraction of sp³-hybridized carbons (Fsp3) is 1.00. The number of rotatable bonds is 0. The van der Waals surface area contributed by atoms with Crippen LogP contribution < -0.4 is 4.98 Å². The quantitative estimate of drug-likeness (QED) is 0.467. The third-order valence-electron chi connectivity index (χ3n) is 0.750. The van der Waals surface area contributed by atoms with E-state index in [9.17, 15) is 0 Å². The minimum atomic E-state index is 0. The molecule has 1 nitrogen and oxygen atoms in total. The van der Waals surface area contributed by atoms with Gasteiger partial charge >= 0.3 is 0 Å². The number of nitrogens with one attached hydrogen (secondary N) is 1. The molecule has 0 rings (SSSR count). The molecule has 0 fully saturated rings. The molecule has 0 aromatic carbocycles. The molecule has 3 heteroatoms. The van der Waals surface area contributed by atoms with E-state index in [1.54, 1.807) is 0 Å². The van der Waals surface area contributed by atoms with Crippen molar-refractivity contribution in [1.82, 2.24) is 4.98 Å². The van der Waals surface area contributed by atoms with E-state index < -0.39 is 0 Å². The zero-order valence-corrected chi connectivity index (χ0v) is 9.06. The second-order valence-electron chi connectivity index (χ2n) is 2.50. The molecule has 42 valence electrons. The Bertz CT molecular complexity index is 41.4. The minimum Gasteiger partial charge on any atom is -0.341 e. The van der Waals surface area contributed by atoms with Crippen molar-refractivity contribution in [2.24, 2.45) is 0 Å². The Hall–Kier alpha value is 0.891. The van der Waals surface area contributed by atoms with Crippen molar-refractivity contribution in [3.63, 3.8) is 0 Å². The van der Waals surface area contributed by atoms with Crippen LogP contribution in [0.25, 0.3) is 0 Å². The van der Waals surface area contributed by atoms with Crippen molar-refractivity contribution >= 4 is 10.4 Å². The maximum Gasteiger partial charge on any atom is 0.0755 e. The first kappa shape index (κ1) is 10.8. The van der Waals surface area contributed by atoms with Crippen molar-refractivity contribution in [2.75, 3.05) is 0 Å². The molecule has 7 heavy (non-hydrogen) atoms. The second-order valence-corrected chi connectivity index (χ2v) is 3.00. The number of hydrogen-bond donors (Lipinski definition) is 1. The van der Waals surface area contributed by atoms with Gasteiger partial charge in [-0.1, -0.05) is 0 Å². The van der Waals surface area contributed by atoms with E-state index in [0.717, 1.165) is 10.4 Å². The first-order chi connectivity index (χ1) is 2.56. The molecular weight excluding hydrogens is 138 g/mol. The summed E-state index contributed by atoms with van der Waals surface area (Å²) in [5.41, 5.74) is 0.353. The maximum absolute atomic E-state index is 3.24. The molecule has 0 atom stereocenters. The zero-order valence-electron chi connectivity index (χ0n) is 5.50. The van der Waals surface area contributed by atoms with Crippen LogP contribution in [0, 0.1) is 0 Å². The van der Waals surface area contributed by atoms with Gasteiger partial charge in [-0.3, -0.25) is 0 Å². The Kier molecular flexibility index (Phi) is 5.92. The molecule has 0 aliphatic rings. The Morgan fingerprint density at radius 3 is 1.43 bits per heavy atom. The van der Waals surface area contributed by atoms with E-state index in [2.05, 4.69) is 25.8 Å². The van der Waals surface area contributed by atoms with Gasteiger partial charge < -0.3 is 4.98 Å². The second kappa shape index (κ2) is 3.84. The van der Waals surface area contributed by atoms with Crippen LogP contribution in [0.4, 0.5) is 0 Å². The molecule has 0 aromatic heterocycles. The van der Waals surface area contributed by atoms with E-state index in [1.165, 1.54) is 0 Å². The summed E-state index contributed by atoms with van der Waals surface area (Å²) in [7, 11) is 1.10. The van der Waals surface area contributed by atoms with Crippen LogP contribution in [-0.4, -0.2) is 15.9 Å². The van der Waals surface area contributed by atoms with Gasteiger partial charge in [0.25, 0.3) is 0 Å². The van der Waals surface area contributed by atoms with Gasteiger partial charge in [0, 0.05) is 27.3 Å². The Morgan fingerprint density at radius 2 is 1.43 bits per heavy atom. The molecule has 0 amide bonds. The smallest absolute Gasteiger partial charge is 0.0755 e. The third kappa shape index (κ3) is 10.9. The van der Waals surface area contributed by atoms with Gasteiger partial charge in [-0.05, 0) is 20.8 Å². The summed E-state index contributed by atoms with van der Waals surface area (Å²) in [4.78, 5) is 3.24. The summed E-state index contributed by atoms with van der Waals surface area (Å²) in [6.45, 7) is 6.50. The van der Waals surface area contributed by atoms with E-state index >= 15 is 0 Å². The molecular formula is C4H13NSiTi. The van der Waals surface area contributed by atoms with Crippen molar-refractivity contribution in [1.29, 1.82) is 0 Å². The average Bonchev–Trinajstić information content (AvgIpc) is 1.35. The molecule has 0 aromatic rings. The van der Waals surface area contributed by atoms with Gasteiger partial charge in [0.05, 0.1) is 10.4 Å². The average molecular weight is 151 g/mol. The summed E-state index contributed by atoms with van der Waals surface area (Å²) in [5, 5.41) is 0. The van der Waals surface area contributed by atoms with Crippen LogP contribution in [0.15, 0.2) is 0 Å². The van der Waals surface area contributed by atoms with E-state index in [0.29, 0.717) is 5.54 Å². The molecule has 0 aliphatic carbocycles. The van der Waals surface area contributed by atoms with Crippen LogP contribution in [0.3, 0.4) is 0 Å². The normalized spacial score (nSPS) is 10.7. The minimum absolute atomic E-state index is 0. The van der Waals surface area contributed by atoms with Crippen LogP contribution in [0.5, 0.6) is 0 Å². The van der Waals surface area contributed by atoms with Crippen molar-refractivity contribution < 1.29 is 21.7 Å². The Morgan fingerprint density at radius 1 is 1.29 bits per heavy atom. The van der Waals surface area contributed by atoms with E-state index in [-0.39, 0.29) is 21.7 Å². The molecule has 0 bridgehead atoms. The summed E-state index contributed by atoms with van der Waals surface area (Å²) < 4.78 is 0. The molecule has 0 heterocycles. The van der Waals surface area contributed by atoms with Crippen molar-refractivity contribution in [2.45, 2.75) is 26.3 Å². The monoisotopic (exact) mass is 151 g/mol. The van der Waals surface area contributed by atoms with E-state index in [4.69, 9.17) is 0 Å². The largest absolute Gasteiger partial charge is 0.341 e. The molecule has 0 saturated carbocycles. The van der Waals surface area contributed by atoms with Gasteiger partial charge in [-0.25, -0.2) is 0 Å². The maximum atomic E-state index is 3.24. The third-order valence-corrected chi connectivity index (χ3v) is 2.25. The van der Waals surface area contributed by atoms with Gasteiger partial charge in [-0.15, -0.1) is 0 Å². The topological polar surface area (TPSA) is 12.0 Å². The molecule has 0 spiro atoms. The van der Waals surface area contributed by atoms with Crippen LogP contribution >= 0.6 is 0 Å². The fourth-order valence-corrected chi connectivity index (χ4v) is 0. The van der Waals surface area contributed by atoms with Crippen LogP contribution in [0.2, 0.25) is 0 Å². The molecule has 0 aliphatic heterocycles. The predicted octanol–water partition coefficient (Wildman–Crippen LogP) is -0.348. The molecule has 1 N–H and O–H groups in total. The fourth-order valence-electron chi connectivity index (χ4n) is 0. The van der Waals surface area contributed by atoms with Crippen LogP contribution in [-0.2, 0) is 21.7 Å². The van der Waals surface area contributed by atoms with Gasteiger partial charge in [0.1, 0.15) is 0 Å². The summed E-state index contributed by atoms with van der Waals surface area (Å²) >= 11 is 0. The van der Waals surface area contributed by atoms with Gasteiger partial charge in [0.2, 0.25) is 0 Å². The van der Waals surface area contributed by atoms with Gasteiger partial charge in [0.15, 0.2) is 0 Å². The number of hydrogen-bond acceptors (Lipinski definition) is 1. The summed E-state index contributed by atoms with van der Waals surface area (Å²) in [6.07, 6.45) is 0. The first-order valence-electron chi connectivity index (χ1n) is 2.25. The molecule has 0 unspecified atom stereocenters. The predicted molar refractivity (Wildman–Crippen MR) is 32.8 cm³/mol. The Labute approximate surface area is 63.6 Å². The molecule has 0 radical (unpaired) electrons. The van der Waals surface area contributed by atoms with Crippen molar-refractivity contribution in [3.05, 3.63) is 0 Å². The standard InChI is InChI=1S/C4H13NSi.Ti/c1-4(2,3)5-6;/h5H,1-3,6H3;. The Balaban J connectivity index is 0. The van der Waals surface area contributed by atoms with E-state index in [1.807, 2.05) is 0 Å². The summed E-state index contributed by atoms with van der Waals surface area (Å²) in [6, 6.07) is 0. The van der Waals surface area contributed by atoms with Crippen molar-refractivity contribution in [3.8, 4) is 0 Å². The van der Waals surface area contributed by atoms with Gasteiger partial charge in [-0.2, -0.15) is 0 Å². The first-order valence-corrected chi connectivity index (χ1v) is 3.25. The summed E-state index contributed by atoms with van der Waals surface area (Å²) in [5.74, 6) is 0. The zero-order chi connectivity index (χ0) is 5.21. The van der Waals surface area contributed by atoms with Crippen LogP contribution in [0.1, 0.15) is 20.8 Å². The molecule has 0 saturated heterocycles. The SMILES string of the molecule is CC(C)(C)N[SiH3].[Ti].